The molecule has 2 aromatic rings. The molecule has 5 nitrogen and oxygen atoms in total. The fourth-order valence-corrected chi connectivity index (χ4v) is 2.91. The SMILES string of the molecule is O=C(O)CCN1CCC(c2noc3cc(F)ccc23)CC1. The summed E-state index contributed by atoms with van der Waals surface area (Å²) in [5, 5.41) is 13.7. The number of benzene rings is 1. The molecule has 0 amide bonds. The molecule has 1 aromatic carbocycles. The lowest BCUT2D eigenvalue weighted by Gasteiger charge is -2.30. The quantitative estimate of drug-likeness (QED) is 0.938. The lowest BCUT2D eigenvalue weighted by Crippen LogP contribution is -2.34. The monoisotopic (exact) mass is 292 g/mol. The Labute approximate surface area is 121 Å². The molecular weight excluding hydrogens is 275 g/mol. The number of nitrogens with zero attached hydrogens (tertiary/aromatic N) is 2. The van der Waals surface area contributed by atoms with Gasteiger partial charge in [0.15, 0.2) is 5.58 Å². The van der Waals surface area contributed by atoms with Crippen molar-refractivity contribution in [2.24, 2.45) is 0 Å². The highest BCUT2D eigenvalue weighted by molar-refractivity contribution is 5.79. The zero-order valence-corrected chi connectivity index (χ0v) is 11.6. The summed E-state index contributed by atoms with van der Waals surface area (Å²) in [6.07, 6.45) is 2.01. The molecule has 0 spiro atoms. The topological polar surface area (TPSA) is 66.6 Å². The fourth-order valence-electron chi connectivity index (χ4n) is 2.91. The van der Waals surface area contributed by atoms with Crippen LogP contribution in [0.4, 0.5) is 4.39 Å². The van der Waals surface area contributed by atoms with E-state index in [1.54, 1.807) is 6.07 Å². The number of carboxylic acid groups (broad SMARTS) is 1. The first kappa shape index (κ1) is 14.0. The largest absolute Gasteiger partial charge is 0.481 e. The summed E-state index contributed by atoms with van der Waals surface area (Å²) >= 11 is 0. The smallest absolute Gasteiger partial charge is 0.304 e. The number of hydrogen-bond acceptors (Lipinski definition) is 4. The van der Waals surface area contributed by atoms with Gasteiger partial charge in [-0.1, -0.05) is 5.16 Å². The molecule has 1 saturated heterocycles. The maximum Gasteiger partial charge on any atom is 0.304 e. The highest BCUT2D eigenvalue weighted by Crippen LogP contribution is 2.32. The van der Waals surface area contributed by atoms with Crippen LogP contribution in [0.3, 0.4) is 0 Å². The van der Waals surface area contributed by atoms with Gasteiger partial charge in [0.1, 0.15) is 5.82 Å². The van der Waals surface area contributed by atoms with E-state index in [0.717, 1.165) is 37.0 Å². The molecule has 1 N–H and O–H groups in total. The molecule has 0 atom stereocenters. The molecule has 0 bridgehead atoms. The van der Waals surface area contributed by atoms with E-state index in [-0.39, 0.29) is 18.2 Å². The van der Waals surface area contributed by atoms with E-state index in [4.69, 9.17) is 9.63 Å². The Morgan fingerprint density at radius 2 is 2.19 bits per heavy atom. The predicted molar refractivity (Wildman–Crippen MR) is 74.6 cm³/mol. The summed E-state index contributed by atoms with van der Waals surface area (Å²) < 4.78 is 18.4. The van der Waals surface area contributed by atoms with Crippen LogP contribution in [-0.4, -0.2) is 40.8 Å². The van der Waals surface area contributed by atoms with E-state index >= 15 is 0 Å². The molecular formula is C15H17FN2O3. The van der Waals surface area contributed by atoms with E-state index < -0.39 is 5.97 Å². The van der Waals surface area contributed by atoms with Gasteiger partial charge in [-0.15, -0.1) is 0 Å². The van der Waals surface area contributed by atoms with Crippen LogP contribution in [0.2, 0.25) is 0 Å². The van der Waals surface area contributed by atoms with Crippen LogP contribution in [0.5, 0.6) is 0 Å². The van der Waals surface area contributed by atoms with Crippen molar-refractivity contribution in [2.75, 3.05) is 19.6 Å². The molecule has 1 aliphatic heterocycles. The zero-order chi connectivity index (χ0) is 14.8. The average molecular weight is 292 g/mol. The minimum absolute atomic E-state index is 0.177. The predicted octanol–water partition coefficient (Wildman–Crippen LogP) is 2.62. The van der Waals surface area contributed by atoms with E-state index in [2.05, 4.69) is 10.1 Å². The number of likely N-dealkylation sites (tertiary alicyclic amines) is 1. The zero-order valence-electron chi connectivity index (χ0n) is 11.6. The van der Waals surface area contributed by atoms with Gasteiger partial charge in [-0.2, -0.15) is 0 Å². The van der Waals surface area contributed by atoms with E-state index in [9.17, 15) is 9.18 Å². The lowest BCUT2D eigenvalue weighted by molar-refractivity contribution is -0.137. The molecule has 1 aliphatic rings. The number of rotatable bonds is 4. The summed E-state index contributed by atoms with van der Waals surface area (Å²) in [6.45, 7) is 2.30. The molecule has 3 rings (SSSR count). The number of fused-ring (bicyclic) bond motifs is 1. The van der Waals surface area contributed by atoms with Gasteiger partial charge < -0.3 is 14.5 Å². The molecule has 0 unspecified atom stereocenters. The summed E-state index contributed by atoms with van der Waals surface area (Å²) in [5.74, 6) is -0.798. The summed E-state index contributed by atoms with van der Waals surface area (Å²) in [7, 11) is 0. The molecule has 0 radical (unpaired) electrons. The van der Waals surface area contributed by atoms with Crippen molar-refractivity contribution in [1.82, 2.24) is 10.1 Å². The third kappa shape index (κ3) is 3.05. The van der Waals surface area contributed by atoms with Crippen molar-refractivity contribution in [2.45, 2.75) is 25.2 Å². The first-order valence-corrected chi connectivity index (χ1v) is 7.12. The number of aromatic nitrogens is 1. The number of aliphatic carboxylic acids is 1. The highest BCUT2D eigenvalue weighted by atomic mass is 19.1. The van der Waals surface area contributed by atoms with Crippen molar-refractivity contribution in [3.63, 3.8) is 0 Å². The second-order valence-electron chi connectivity index (χ2n) is 5.47. The standard InChI is InChI=1S/C15H17FN2O3/c16-11-1-2-12-13(9-11)21-17-15(12)10-3-6-18(7-4-10)8-5-14(19)20/h1-2,9-10H,3-8H2,(H,19,20). The fraction of sp³-hybridized carbons (Fsp3) is 0.467. The Kier molecular flexibility index (Phi) is 3.88. The Morgan fingerprint density at radius 3 is 2.90 bits per heavy atom. The normalized spacial score (nSPS) is 17.4. The summed E-state index contributed by atoms with van der Waals surface area (Å²) in [5.41, 5.74) is 1.38. The number of carboxylic acids is 1. The molecule has 2 heterocycles. The van der Waals surface area contributed by atoms with Crippen molar-refractivity contribution in [3.8, 4) is 0 Å². The van der Waals surface area contributed by atoms with Gasteiger partial charge in [0.25, 0.3) is 0 Å². The molecule has 0 aliphatic carbocycles. The van der Waals surface area contributed by atoms with Crippen molar-refractivity contribution < 1.29 is 18.8 Å². The second-order valence-corrected chi connectivity index (χ2v) is 5.47. The highest BCUT2D eigenvalue weighted by Gasteiger charge is 2.25. The van der Waals surface area contributed by atoms with Gasteiger partial charge in [0, 0.05) is 23.9 Å². The van der Waals surface area contributed by atoms with Crippen LogP contribution in [-0.2, 0) is 4.79 Å². The third-order valence-electron chi connectivity index (χ3n) is 4.08. The van der Waals surface area contributed by atoms with E-state index in [1.165, 1.54) is 12.1 Å². The van der Waals surface area contributed by atoms with Crippen LogP contribution in [0.15, 0.2) is 22.7 Å². The molecule has 0 saturated carbocycles. The van der Waals surface area contributed by atoms with Crippen molar-refractivity contribution in [1.29, 1.82) is 0 Å². The summed E-state index contributed by atoms with van der Waals surface area (Å²) in [6, 6.07) is 4.49. The minimum atomic E-state index is -0.762. The van der Waals surface area contributed by atoms with Crippen molar-refractivity contribution >= 4 is 16.9 Å². The Hall–Kier alpha value is -1.95. The lowest BCUT2D eigenvalue weighted by atomic mass is 9.91. The van der Waals surface area contributed by atoms with Gasteiger partial charge >= 0.3 is 5.97 Å². The first-order valence-electron chi connectivity index (χ1n) is 7.12. The maximum absolute atomic E-state index is 13.1. The third-order valence-corrected chi connectivity index (χ3v) is 4.08. The van der Waals surface area contributed by atoms with Crippen LogP contribution in [0.25, 0.3) is 11.0 Å². The molecule has 112 valence electrons. The average Bonchev–Trinajstić information content (AvgIpc) is 2.88. The Morgan fingerprint density at radius 1 is 1.43 bits per heavy atom. The Balaban J connectivity index is 1.67. The van der Waals surface area contributed by atoms with Crippen molar-refractivity contribution in [3.05, 3.63) is 29.7 Å². The van der Waals surface area contributed by atoms with Crippen LogP contribution < -0.4 is 0 Å². The van der Waals surface area contributed by atoms with Gasteiger partial charge in [-0.05, 0) is 38.1 Å². The number of piperidine rings is 1. The van der Waals surface area contributed by atoms with Gasteiger partial charge in [0.2, 0.25) is 0 Å². The van der Waals surface area contributed by atoms with Crippen LogP contribution in [0.1, 0.15) is 30.9 Å². The van der Waals surface area contributed by atoms with Crippen LogP contribution >= 0.6 is 0 Å². The van der Waals surface area contributed by atoms with E-state index in [0.29, 0.717) is 12.1 Å². The molecule has 6 heteroatoms. The Bertz CT molecular complexity index is 647. The first-order chi connectivity index (χ1) is 10.1. The van der Waals surface area contributed by atoms with Crippen LogP contribution in [0, 0.1) is 5.82 Å². The molecule has 1 fully saturated rings. The van der Waals surface area contributed by atoms with Gasteiger partial charge in [-0.25, -0.2) is 4.39 Å². The maximum atomic E-state index is 13.1. The molecule has 21 heavy (non-hydrogen) atoms. The summed E-state index contributed by atoms with van der Waals surface area (Å²) in [4.78, 5) is 12.7. The minimum Gasteiger partial charge on any atom is -0.481 e. The van der Waals surface area contributed by atoms with Gasteiger partial charge in [-0.3, -0.25) is 4.79 Å². The number of hydrogen-bond donors (Lipinski definition) is 1. The number of carbonyl (C=O) groups is 1. The van der Waals surface area contributed by atoms with E-state index in [1.807, 2.05) is 0 Å². The van der Waals surface area contributed by atoms with Gasteiger partial charge in [0.05, 0.1) is 12.1 Å². The molecule has 1 aromatic heterocycles. The number of halogens is 1. The second kappa shape index (κ2) is 5.81.